The van der Waals surface area contributed by atoms with Crippen molar-refractivity contribution in [1.29, 1.82) is 0 Å². The third-order valence-electron chi connectivity index (χ3n) is 6.82. The van der Waals surface area contributed by atoms with E-state index in [1.54, 1.807) is 30.0 Å². The molecule has 0 aliphatic carbocycles. The largest absolute Gasteiger partial charge is 0.465 e. The van der Waals surface area contributed by atoms with Crippen molar-refractivity contribution in [3.8, 4) is 0 Å². The normalized spacial score (nSPS) is 20.5. The van der Waals surface area contributed by atoms with Crippen molar-refractivity contribution in [2.75, 3.05) is 18.1 Å². The van der Waals surface area contributed by atoms with E-state index in [0.717, 1.165) is 11.1 Å². The molecule has 1 aliphatic rings. The highest BCUT2D eigenvalue weighted by atomic mass is 16.5. The van der Waals surface area contributed by atoms with Gasteiger partial charge in [-0.1, -0.05) is 30.3 Å². The molecule has 2 atom stereocenters. The zero-order valence-electron chi connectivity index (χ0n) is 20.9. The van der Waals surface area contributed by atoms with Crippen LogP contribution in [0.4, 0.5) is 5.69 Å². The Bertz CT molecular complexity index is 1140. The minimum Gasteiger partial charge on any atom is -0.465 e. The molecule has 8 nitrogen and oxygen atoms in total. The summed E-state index contributed by atoms with van der Waals surface area (Å²) in [5.41, 5.74) is 8.16. The van der Waals surface area contributed by atoms with Crippen LogP contribution in [0.3, 0.4) is 0 Å². The van der Waals surface area contributed by atoms with Crippen LogP contribution in [0.1, 0.15) is 62.5 Å². The summed E-state index contributed by atoms with van der Waals surface area (Å²) in [5, 5.41) is 2.40. The molecule has 8 heteroatoms. The summed E-state index contributed by atoms with van der Waals surface area (Å²) in [6.45, 7) is 8.98. The molecular formula is C27H33N3O5. The number of Topliss-reactive ketones (excluding diaryl/α,β-unsaturated/α-hetero) is 1. The van der Waals surface area contributed by atoms with Crippen LogP contribution in [-0.2, 0) is 24.5 Å². The third-order valence-corrected chi connectivity index (χ3v) is 6.82. The summed E-state index contributed by atoms with van der Waals surface area (Å²) in [7, 11) is 0. The van der Waals surface area contributed by atoms with Crippen molar-refractivity contribution in [2.45, 2.75) is 58.0 Å². The molecule has 0 saturated heterocycles. The molecule has 35 heavy (non-hydrogen) atoms. The van der Waals surface area contributed by atoms with Crippen molar-refractivity contribution in [2.24, 2.45) is 5.73 Å². The molecule has 2 aromatic rings. The van der Waals surface area contributed by atoms with E-state index in [1.807, 2.05) is 51.1 Å². The fraction of sp³-hybridized carbons (Fsp3) is 0.407. The quantitative estimate of drug-likeness (QED) is 0.358. The molecule has 2 aromatic carbocycles. The summed E-state index contributed by atoms with van der Waals surface area (Å²) in [6, 6.07) is 14.4. The Balaban J connectivity index is 2.02. The van der Waals surface area contributed by atoms with Crippen LogP contribution in [0.2, 0.25) is 0 Å². The first-order valence-corrected chi connectivity index (χ1v) is 11.7. The number of esters is 1. The first-order chi connectivity index (χ1) is 16.4. The number of benzene rings is 2. The van der Waals surface area contributed by atoms with Gasteiger partial charge < -0.3 is 20.7 Å². The predicted octanol–water partition coefficient (Wildman–Crippen LogP) is 2.72. The molecular weight excluding hydrogens is 446 g/mol. The van der Waals surface area contributed by atoms with E-state index in [-0.39, 0.29) is 19.1 Å². The monoisotopic (exact) mass is 479 g/mol. The minimum absolute atomic E-state index is 0.153. The summed E-state index contributed by atoms with van der Waals surface area (Å²) < 4.78 is 4.78. The zero-order chi connectivity index (χ0) is 26.0. The van der Waals surface area contributed by atoms with Gasteiger partial charge in [-0.3, -0.25) is 19.2 Å². The number of fused-ring (bicyclic) bond motifs is 1. The molecule has 0 fully saturated rings. The van der Waals surface area contributed by atoms with E-state index >= 15 is 0 Å². The molecule has 1 heterocycles. The SMILES string of the molecule is CCOC(=O)CNC(=O)CC(=O)c1ccc2c(c1)C(C)(c1ccccc1)C(N)C(C)(C)N2C(C)=O. The number of hydrogen-bond acceptors (Lipinski definition) is 6. The van der Waals surface area contributed by atoms with E-state index in [4.69, 9.17) is 10.5 Å². The lowest BCUT2D eigenvalue weighted by atomic mass is 9.61. The summed E-state index contributed by atoms with van der Waals surface area (Å²) in [5.74, 6) is -1.70. The number of nitrogens with two attached hydrogens (primary N) is 1. The predicted molar refractivity (Wildman–Crippen MR) is 133 cm³/mol. The first kappa shape index (κ1) is 26.1. The molecule has 2 unspecified atom stereocenters. The van der Waals surface area contributed by atoms with Crippen LogP contribution < -0.4 is 16.0 Å². The van der Waals surface area contributed by atoms with Crippen LogP contribution in [0.5, 0.6) is 0 Å². The standard InChI is InChI=1S/C27H33N3O5/c1-6-35-24(34)16-29-23(33)15-22(32)18-12-13-21-20(14-18)27(5,19-10-8-7-9-11-19)25(28)26(3,4)30(21)17(2)31/h7-14,25H,6,15-16,28H2,1-5H3,(H,29,33). The number of ketones is 1. The van der Waals surface area contributed by atoms with Gasteiger partial charge in [-0.2, -0.15) is 0 Å². The Hall–Kier alpha value is -3.52. The van der Waals surface area contributed by atoms with Crippen LogP contribution in [0.25, 0.3) is 0 Å². The maximum absolute atomic E-state index is 13.0. The average molecular weight is 480 g/mol. The second kappa shape index (κ2) is 10.00. The van der Waals surface area contributed by atoms with Gasteiger partial charge in [-0.15, -0.1) is 0 Å². The number of nitrogens with zero attached hydrogens (tertiary/aromatic N) is 1. The molecule has 186 valence electrons. The highest BCUT2D eigenvalue weighted by molar-refractivity contribution is 6.08. The molecule has 1 aliphatic heterocycles. The van der Waals surface area contributed by atoms with E-state index in [9.17, 15) is 19.2 Å². The van der Waals surface area contributed by atoms with Gasteiger partial charge in [0.2, 0.25) is 11.8 Å². The highest BCUT2D eigenvalue weighted by Gasteiger charge is 2.53. The fourth-order valence-electron chi connectivity index (χ4n) is 5.03. The van der Waals surface area contributed by atoms with Gasteiger partial charge >= 0.3 is 5.97 Å². The van der Waals surface area contributed by atoms with Crippen LogP contribution in [-0.4, -0.2) is 48.3 Å². The Kier molecular flexibility index (Phi) is 7.45. The zero-order valence-corrected chi connectivity index (χ0v) is 20.9. The lowest BCUT2D eigenvalue weighted by molar-refractivity contribution is -0.143. The second-order valence-corrected chi connectivity index (χ2v) is 9.47. The topological polar surface area (TPSA) is 119 Å². The number of carbonyl (C=O) groups excluding carboxylic acids is 4. The number of hydrogen-bond donors (Lipinski definition) is 2. The number of rotatable bonds is 7. The smallest absolute Gasteiger partial charge is 0.325 e. The third kappa shape index (κ3) is 4.84. The minimum atomic E-state index is -0.714. The first-order valence-electron chi connectivity index (χ1n) is 11.7. The van der Waals surface area contributed by atoms with Gasteiger partial charge in [0, 0.05) is 29.6 Å². The molecule has 2 amide bonds. The van der Waals surface area contributed by atoms with E-state index < -0.39 is 41.1 Å². The van der Waals surface area contributed by atoms with Crippen molar-refractivity contribution < 1.29 is 23.9 Å². The highest BCUT2D eigenvalue weighted by Crippen LogP contribution is 2.50. The molecule has 3 rings (SSSR count). The molecule has 0 aromatic heterocycles. The van der Waals surface area contributed by atoms with Crippen molar-refractivity contribution >= 4 is 29.3 Å². The molecule has 0 spiro atoms. The van der Waals surface area contributed by atoms with Gasteiger partial charge in [0.1, 0.15) is 6.54 Å². The van der Waals surface area contributed by atoms with Crippen molar-refractivity contribution in [3.05, 3.63) is 65.2 Å². The van der Waals surface area contributed by atoms with E-state index in [0.29, 0.717) is 11.3 Å². The van der Waals surface area contributed by atoms with E-state index in [1.165, 1.54) is 6.92 Å². The van der Waals surface area contributed by atoms with Gasteiger partial charge in [0.05, 0.1) is 18.6 Å². The number of carbonyl (C=O) groups is 4. The van der Waals surface area contributed by atoms with Gasteiger partial charge in [0.25, 0.3) is 0 Å². The van der Waals surface area contributed by atoms with Gasteiger partial charge in [-0.05, 0) is 57.0 Å². The average Bonchev–Trinajstić information content (AvgIpc) is 2.81. The molecule has 3 N–H and O–H groups in total. The lowest BCUT2D eigenvalue weighted by Crippen LogP contribution is -2.68. The molecule has 0 radical (unpaired) electrons. The van der Waals surface area contributed by atoms with Crippen LogP contribution >= 0.6 is 0 Å². The Morgan fingerprint density at radius 1 is 1.06 bits per heavy atom. The Morgan fingerprint density at radius 2 is 1.71 bits per heavy atom. The van der Waals surface area contributed by atoms with Crippen molar-refractivity contribution in [1.82, 2.24) is 5.32 Å². The Morgan fingerprint density at radius 3 is 2.31 bits per heavy atom. The Labute approximate surface area is 205 Å². The van der Waals surface area contributed by atoms with E-state index in [2.05, 4.69) is 5.32 Å². The van der Waals surface area contributed by atoms with Crippen LogP contribution in [0.15, 0.2) is 48.5 Å². The maximum atomic E-state index is 13.0. The summed E-state index contributed by atoms with van der Waals surface area (Å²) in [4.78, 5) is 51.1. The fourth-order valence-corrected chi connectivity index (χ4v) is 5.03. The number of nitrogens with one attached hydrogen (secondary N) is 1. The molecule has 0 saturated carbocycles. The maximum Gasteiger partial charge on any atom is 0.325 e. The summed E-state index contributed by atoms with van der Waals surface area (Å²) in [6.07, 6.45) is -0.422. The van der Waals surface area contributed by atoms with Crippen LogP contribution in [0, 0.1) is 0 Å². The number of amides is 2. The lowest BCUT2D eigenvalue weighted by Gasteiger charge is -2.55. The van der Waals surface area contributed by atoms with Gasteiger partial charge in [0.15, 0.2) is 5.78 Å². The summed E-state index contributed by atoms with van der Waals surface area (Å²) >= 11 is 0. The second-order valence-electron chi connectivity index (χ2n) is 9.47. The van der Waals surface area contributed by atoms with Crippen molar-refractivity contribution in [3.63, 3.8) is 0 Å². The number of ether oxygens (including phenoxy) is 1. The van der Waals surface area contributed by atoms with Gasteiger partial charge in [-0.25, -0.2) is 0 Å². The number of anilines is 1. The molecule has 0 bridgehead atoms.